The number of unbranched alkanes of at least 4 members (excludes halogenated alkanes) is 24. The number of benzene rings is 1. The summed E-state index contributed by atoms with van der Waals surface area (Å²) >= 11 is 0. The molecule has 0 amide bonds. The van der Waals surface area contributed by atoms with E-state index in [0.29, 0.717) is 13.0 Å². The largest absolute Gasteiger partial charge is 0.504 e. The first-order valence-electron chi connectivity index (χ1n) is 20.9. The Morgan fingerprint density at radius 2 is 0.792 bits per heavy atom. The van der Waals surface area contributed by atoms with E-state index < -0.39 is 5.97 Å². The predicted molar refractivity (Wildman–Crippen MR) is 205 cm³/mol. The fourth-order valence-electron chi connectivity index (χ4n) is 7.03. The van der Waals surface area contributed by atoms with Gasteiger partial charge in [-0.1, -0.05) is 182 Å². The third-order valence-electron chi connectivity index (χ3n) is 10.0. The Kier molecular flexibility index (Phi) is 28.8. The molecule has 0 radical (unpaired) electrons. The second-order valence-corrected chi connectivity index (χ2v) is 14.4. The van der Waals surface area contributed by atoms with Gasteiger partial charge in [0.25, 0.3) is 0 Å². The van der Waals surface area contributed by atoms with Gasteiger partial charge in [0.05, 0.1) is 6.61 Å². The van der Waals surface area contributed by atoms with E-state index in [0.717, 1.165) is 80.9 Å². The summed E-state index contributed by atoms with van der Waals surface area (Å²) in [7, 11) is 0. The third-order valence-corrected chi connectivity index (χ3v) is 10.0. The van der Waals surface area contributed by atoms with E-state index in [1.807, 2.05) is 0 Å². The molecule has 48 heavy (non-hydrogen) atoms. The molecule has 0 aromatic heterocycles. The van der Waals surface area contributed by atoms with Crippen LogP contribution >= 0.6 is 0 Å². The molecule has 0 bridgehead atoms. The highest BCUT2D eigenvalue weighted by atomic mass is 17.2. The van der Waals surface area contributed by atoms with Crippen molar-refractivity contribution in [3.8, 4) is 11.5 Å². The second-order valence-electron chi connectivity index (χ2n) is 14.4. The van der Waals surface area contributed by atoms with Gasteiger partial charge in [-0.2, -0.15) is 4.89 Å². The van der Waals surface area contributed by atoms with Crippen molar-refractivity contribution < 1.29 is 24.8 Å². The number of hydrogen-bond acceptors (Lipinski definition) is 4. The van der Waals surface area contributed by atoms with Crippen molar-refractivity contribution in [1.82, 2.24) is 0 Å². The summed E-state index contributed by atoms with van der Waals surface area (Å²) in [4.78, 5) is 24.5. The van der Waals surface area contributed by atoms with E-state index in [1.54, 1.807) is 0 Å². The quantitative estimate of drug-likeness (QED) is 0.0426. The van der Waals surface area contributed by atoms with Crippen LogP contribution in [0.15, 0.2) is 0 Å². The van der Waals surface area contributed by atoms with Crippen LogP contribution in [-0.4, -0.2) is 22.8 Å². The van der Waals surface area contributed by atoms with Crippen molar-refractivity contribution >= 4 is 5.97 Å². The molecule has 1 rings (SSSR count). The monoisotopic (exact) mass is 675 g/mol. The number of carboxylic acid groups (broad SMARTS) is 1. The number of aromatic carboxylic acids is 1. The summed E-state index contributed by atoms with van der Waals surface area (Å²) in [6.45, 7) is 9.42. The Bertz CT molecular complexity index is 911. The van der Waals surface area contributed by atoms with Crippen LogP contribution in [0.5, 0.6) is 11.5 Å². The first-order chi connectivity index (χ1) is 23.5. The van der Waals surface area contributed by atoms with Crippen molar-refractivity contribution in [2.24, 2.45) is 0 Å². The maximum Gasteiger partial charge on any atom is 0.339 e. The van der Waals surface area contributed by atoms with Crippen LogP contribution in [0.25, 0.3) is 0 Å². The van der Waals surface area contributed by atoms with E-state index in [1.165, 1.54) is 128 Å². The lowest BCUT2D eigenvalue weighted by molar-refractivity contribution is -0.208. The molecule has 0 aliphatic rings. The van der Waals surface area contributed by atoms with Gasteiger partial charge in [0, 0.05) is 5.56 Å². The number of carboxylic acids is 1. The van der Waals surface area contributed by atoms with Crippen molar-refractivity contribution in [3.05, 3.63) is 22.3 Å². The molecular formula is C43H78O5. The van der Waals surface area contributed by atoms with Crippen molar-refractivity contribution in [2.45, 2.75) is 227 Å². The van der Waals surface area contributed by atoms with E-state index in [-0.39, 0.29) is 17.1 Å². The Balaban J connectivity index is 3.24. The Morgan fingerprint density at radius 1 is 0.458 bits per heavy atom. The van der Waals surface area contributed by atoms with Gasteiger partial charge in [-0.25, -0.2) is 4.79 Å². The second kappa shape index (κ2) is 31.2. The molecule has 1 aromatic rings. The minimum absolute atomic E-state index is 0.0387. The summed E-state index contributed by atoms with van der Waals surface area (Å²) in [5.74, 6) is -1.03. The Labute approximate surface area is 297 Å². The fraction of sp³-hybridized carbons (Fsp3) is 0.837. The molecule has 0 aliphatic carbocycles. The topological polar surface area (TPSA) is 76.0 Å². The molecule has 0 heterocycles. The van der Waals surface area contributed by atoms with Crippen LogP contribution in [-0.2, 0) is 24.2 Å². The minimum atomic E-state index is -1.06. The summed E-state index contributed by atoms with van der Waals surface area (Å²) < 4.78 is 0. The van der Waals surface area contributed by atoms with Gasteiger partial charge in [-0.15, -0.1) is 0 Å². The first kappa shape index (κ1) is 44.3. The molecule has 0 spiro atoms. The molecule has 0 saturated heterocycles. The fourth-order valence-corrected chi connectivity index (χ4v) is 7.03. The molecule has 2 N–H and O–H groups in total. The van der Waals surface area contributed by atoms with Gasteiger partial charge >= 0.3 is 5.97 Å². The van der Waals surface area contributed by atoms with Crippen LogP contribution < -0.4 is 4.89 Å². The zero-order chi connectivity index (χ0) is 35.1. The maximum atomic E-state index is 12.8. The van der Waals surface area contributed by atoms with E-state index >= 15 is 0 Å². The van der Waals surface area contributed by atoms with Crippen LogP contribution in [0.1, 0.15) is 235 Å². The molecule has 0 atom stereocenters. The molecule has 0 fully saturated rings. The standard InChI is InChI=1S/C43H78O5/c1-5-9-13-17-21-25-29-33-37-38(34-30-26-22-18-14-10-6-2)40(43(45)46)41(44)42(39(37)35-31-27-23-19-15-11-7-3)48-47-36-32-28-24-20-16-12-8-4/h44H,5-36H2,1-4H3,(H,45,46). The van der Waals surface area contributed by atoms with Gasteiger partial charge in [0.2, 0.25) is 5.75 Å². The van der Waals surface area contributed by atoms with Gasteiger partial charge in [-0.3, -0.25) is 0 Å². The normalized spacial score (nSPS) is 11.4. The van der Waals surface area contributed by atoms with Gasteiger partial charge in [-0.05, 0) is 56.1 Å². The molecule has 5 nitrogen and oxygen atoms in total. The number of aromatic hydroxyl groups is 1. The average molecular weight is 675 g/mol. The summed E-state index contributed by atoms with van der Waals surface area (Å²) in [6, 6.07) is 0. The number of hydrogen-bond donors (Lipinski definition) is 2. The number of rotatable bonds is 35. The molecule has 0 unspecified atom stereocenters. The van der Waals surface area contributed by atoms with Gasteiger partial charge in [0.15, 0.2) is 5.75 Å². The Morgan fingerprint density at radius 3 is 1.19 bits per heavy atom. The molecular weight excluding hydrogens is 596 g/mol. The number of phenols is 1. The van der Waals surface area contributed by atoms with Gasteiger partial charge in [0.1, 0.15) is 5.56 Å². The van der Waals surface area contributed by atoms with Crippen LogP contribution in [0.3, 0.4) is 0 Å². The highest BCUT2D eigenvalue weighted by molar-refractivity contribution is 5.94. The lowest BCUT2D eigenvalue weighted by Crippen LogP contribution is -2.14. The van der Waals surface area contributed by atoms with Crippen LogP contribution in [0, 0.1) is 0 Å². The lowest BCUT2D eigenvalue weighted by Gasteiger charge is -2.23. The summed E-state index contributed by atoms with van der Waals surface area (Å²) in [5.41, 5.74) is 2.99. The molecule has 5 heteroatoms. The zero-order valence-corrected chi connectivity index (χ0v) is 32.2. The highest BCUT2D eigenvalue weighted by Gasteiger charge is 2.28. The van der Waals surface area contributed by atoms with Crippen molar-refractivity contribution in [3.63, 3.8) is 0 Å². The first-order valence-corrected chi connectivity index (χ1v) is 20.9. The van der Waals surface area contributed by atoms with E-state index in [4.69, 9.17) is 9.78 Å². The smallest absolute Gasteiger partial charge is 0.339 e. The maximum absolute atomic E-state index is 12.8. The van der Waals surface area contributed by atoms with Crippen molar-refractivity contribution in [1.29, 1.82) is 0 Å². The minimum Gasteiger partial charge on any atom is -0.504 e. The molecule has 0 saturated carbocycles. The zero-order valence-electron chi connectivity index (χ0n) is 32.2. The van der Waals surface area contributed by atoms with Gasteiger partial charge < -0.3 is 15.1 Å². The number of carbonyl (C=O) groups is 1. The highest BCUT2D eigenvalue weighted by Crippen LogP contribution is 2.42. The molecule has 0 aliphatic heterocycles. The van der Waals surface area contributed by atoms with E-state index in [9.17, 15) is 15.0 Å². The molecule has 1 aromatic carbocycles. The summed E-state index contributed by atoms with van der Waals surface area (Å²) in [6.07, 6.45) is 35.8. The average Bonchev–Trinajstić information content (AvgIpc) is 3.07. The third kappa shape index (κ3) is 20.1. The SMILES string of the molecule is CCCCCCCCCOOc1c(O)c(C(=O)O)c(CCCCCCCCC)c(CCCCCCCCC)c1CCCCCCCCC. The predicted octanol–water partition coefficient (Wildman–Crippen LogP) is 14.0. The summed E-state index contributed by atoms with van der Waals surface area (Å²) in [5, 5.41) is 22.0. The van der Waals surface area contributed by atoms with E-state index in [2.05, 4.69) is 27.7 Å². The lowest BCUT2D eigenvalue weighted by atomic mass is 9.85. The Hall–Kier alpha value is -1.75. The van der Waals surface area contributed by atoms with Crippen LogP contribution in [0.2, 0.25) is 0 Å². The van der Waals surface area contributed by atoms with Crippen molar-refractivity contribution in [2.75, 3.05) is 6.61 Å². The van der Waals surface area contributed by atoms with Crippen LogP contribution in [0.4, 0.5) is 0 Å². The molecule has 280 valence electrons.